The second kappa shape index (κ2) is 5.31. The number of aromatic nitrogens is 2. The topological polar surface area (TPSA) is 62.3 Å². The molecule has 5 heteroatoms. The molecule has 0 spiro atoms. The van der Waals surface area contributed by atoms with Crippen molar-refractivity contribution in [3.8, 4) is 22.8 Å². The lowest BCUT2D eigenvalue weighted by atomic mass is 10.1. The zero-order chi connectivity index (χ0) is 15.8. The van der Waals surface area contributed by atoms with Crippen LogP contribution in [0.25, 0.3) is 11.3 Å². The van der Waals surface area contributed by atoms with Crippen LogP contribution in [0.1, 0.15) is 26.6 Å². The Balaban J connectivity index is 2.68. The molecule has 2 N–H and O–H groups in total. The molecule has 0 radical (unpaired) electrons. The number of anilines is 1. The van der Waals surface area contributed by atoms with Gasteiger partial charge in [0.1, 0.15) is 28.8 Å². The minimum absolute atomic E-state index is 0.133. The summed E-state index contributed by atoms with van der Waals surface area (Å²) in [5, 5.41) is 0. The molecule has 5 nitrogen and oxygen atoms in total. The fourth-order valence-electron chi connectivity index (χ4n) is 2.59. The van der Waals surface area contributed by atoms with Crippen molar-refractivity contribution in [1.82, 2.24) is 9.55 Å². The van der Waals surface area contributed by atoms with Crippen molar-refractivity contribution in [3.05, 3.63) is 24.0 Å². The van der Waals surface area contributed by atoms with Gasteiger partial charge in [-0.05, 0) is 45.9 Å². The van der Waals surface area contributed by atoms with Crippen molar-refractivity contribution < 1.29 is 9.47 Å². The van der Waals surface area contributed by atoms with Crippen LogP contribution in [-0.4, -0.2) is 23.8 Å². The van der Waals surface area contributed by atoms with Crippen LogP contribution >= 0.6 is 0 Å². The summed E-state index contributed by atoms with van der Waals surface area (Å²) in [4.78, 5) is 4.63. The first-order chi connectivity index (χ1) is 9.79. The van der Waals surface area contributed by atoms with Crippen molar-refractivity contribution in [3.63, 3.8) is 0 Å². The number of hydrogen-bond donors (Lipinski definition) is 1. The average Bonchev–Trinajstić information content (AvgIpc) is 2.72. The molecule has 1 aromatic carbocycles. The molecule has 0 bridgehead atoms. The van der Waals surface area contributed by atoms with E-state index in [1.165, 1.54) is 0 Å². The van der Waals surface area contributed by atoms with Crippen LogP contribution in [0.3, 0.4) is 0 Å². The second-order valence-electron chi connectivity index (χ2n) is 5.97. The van der Waals surface area contributed by atoms with Gasteiger partial charge in [-0.15, -0.1) is 0 Å². The number of imidazole rings is 1. The van der Waals surface area contributed by atoms with Gasteiger partial charge in [0.25, 0.3) is 0 Å². The number of ether oxygens (including phenoxy) is 2. The molecule has 0 fully saturated rings. The fraction of sp³-hybridized carbons (Fsp3) is 0.438. The maximum Gasteiger partial charge on any atom is 0.132 e. The molecule has 0 amide bonds. The van der Waals surface area contributed by atoms with E-state index in [1.807, 2.05) is 29.7 Å². The number of rotatable bonds is 3. The van der Waals surface area contributed by atoms with Gasteiger partial charge < -0.3 is 19.8 Å². The number of nitrogens with two attached hydrogens (primary N) is 1. The summed E-state index contributed by atoms with van der Waals surface area (Å²) >= 11 is 0. The number of nitrogen functional groups attached to an aromatic ring is 1. The molecule has 1 aromatic heterocycles. The van der Waals surface area contributed by atoms with E-state index in [9.17, 15) is 0 Å². The van der Waals surface area contributed by atoms with Crippen LogP contribution in [0.15, 0.2) is 18.2 Å². The summed E-state index contributed by atoms with van der Waals surface area (Å²) in [6.45, 7) is 8.26. The van der Waals surface area contributed by atoms with E-state index in [0.717, 1.165) is 28.6 Å². The van der Waals surface area contributed by atoms with Crippen LogP contribution in [-0.2, 0) is 5.54 Å². The molecule has 0 aliphatic heterocycles. The first kappa shape index (κ1) is 15.2. The number of hydrogen-bond acceptors (Lipinski definition) is 4. The quantitative estimate of drug-likeness (QED) is 0.942. The lowest BCUT2D eigenvalue weighted by Crippen LogP contribution is -2.24. The highest BCUT2D eigenvalue weighted by Gasteiger charge is 2.24. The maximum absolute atomic E-state index is 6.34. The largest absolute Gasteiger partial charge is 0.497 e. The standard InChI is InChI=1S/C16H23N3O2/c1-10-18-14(15(17)19(10)16(2,3)4)12-9-11(20-5)7-8-13(12)21-6/h7-9H,17H2,1-6H3. The molecular weight excluding hydrogens is 266 g/mol. The number of nitrogens with zero attached hydrogens (tertiary/aromatic N) is 2. The summed E-state index contributed by atoms with van der Waals surface area (Å²) in [7, 11) is 3.27. The Kier molecular flexibility index (Phi) is 3.85. The highest BCUT2D eigenvalue weighted by Crippen LogP contribution is 2.38. The van der Waals surface area contributed by atoms with E-state index in [0.29, 0.717) is 5.82 Å². The summed E-state index contributed by atoms with van der Waals surface area (Å²) in [5.74, 6) is 2.97. The Hall–Kier alpha value is -2.17. The van der Waals surface area contributed by atoms with Crippen LogP contribution in [0.5, 0.6) is 11.5 Å². The van der Waals surface area contributed by atoms with Gasteiger partial charge in [0.15, 0.2) is 0 Å². The van der Waals surface area contributed by atoms with Crippen molar-refractivity contribution in [2.75, 3.05) is 20.0 Å². The van der Waals surface area contributed by atoms with Gasteiger partial charge in [-0.3, -0.25) is 0 Å². The molecule has 114 valence electrons. The molecule has 2 rings (SSSR count). The van der Waals surface area contributed by atoms with Crippen molar-refractivity contribution in [2.45, 2.75) is 33.2 Å². The van der Waals surface area contributed by atoms with Gasteiger partial charge in [0, 0.05) is 11.1 Å². The lowest BCUT2D eigenvalue weighted by Gasteiger charge is -2.24. The molecular formula is C16H23N3O2. The predicted molar refractivity (Wildman–Crippen MR) is 84.9 cm³/mol. The van der Waals surface area contributed by atoms with Gasteiger partial charge in [-0.2, -0.15) is 0 Å². The smallest absolute Gasteiger partial charge is 0.132 e. The van der Waals surface area contributed by atoms with E-state index in [1.54, 1.807) is 14.2 Å². The minimum atomic E-state index is -0.133. The van der Waals surface area contributed by atoms with Gasteiger partial charge in [0.2, 0.25) is 0 Å². The van der Waals surface area contributed by atoms with Crippen LogP contribution in [0.4, 0.5) is 5.82 Å². The van der Waals surface area contributed by atoms with Crippen LogP contribution < -0.4 is 15.2 Å². The summed E-state index contributed by atoms with van der Waals surface area (Å²) < 4.78 is 12.7. The molecule has 1 heterocycles. The number of aryl methyl sites for hydroxylation is 1. The Bertz CT molecular complexity index is 654. The highest BCUT2D eigenvalue weighted by atomic mass is 16.5. The molecule has 0 saturated carbocycles. The number of benzene rings is 1. The Morgan fingerprint density at radius 3 is 2.29 bits per heavy atom. The monoisotopic (exact) mass is 289 g/mol. The first-order valence-electron chi connectivity index (χ1n) is 6.87. The van der Waals surface area contributed by atoms with Crippen LogP contribution in [0.2, 0.25) is 0 Å². The minimum Gasteiger partial charge on any atom is -0.497 e. The fourth-order valence-corrected chi connectivity index (χ4v) is 2.59. The van der Waals surface area contributed by atoms with E-state index in [2.05, 4.69) is 25.8 Å². The second-order valence-corrected chi connectivity index (χ2v) is 5.97. The van der Waals surface area contributed by atoms with E-state index in [-0.39, 0.29) is 5.54 Å². The highest BCUT2D eigenvalue weighted by molar-refractivity contribution is 5.77. The maximum atomic E-state index is 6.34. The van der Waals surface area contributed by atoms with E-state index >= 15 is 0 Å². The lowest BCUT2D eigenvalue weighted by molar-refractivity contribution is 0.393. The van der Waals surface area contributed by atoms with Crippen LogP contribution in [0, 0.1) is 6.92 Å². The van der Waals surface area contributed by atoms with Gasteiger partial charge >= 0.3 is 0 Å². The van der Waals surface area contributed by atoms with E-state index in [4.69, 9.17) is 15.2 Å². The van der Waals surface area contributed by atoms with Gasteiger partial charge in [-0.25, -0.2) is 4.98 Å². The first-order valence-corrected chi connectivity index (χ1v) is 6.87. The number of methoxy groups -OCH3 is 2. The zero-order valence-corrected chi connectivity index (χ0v) is 13.5. The molecule has 2 aromatic rings. The van der Waals surface area contributed by atoms with Crippen molar-refractivity contribution in [2.24, 2.45) is 0 Å². The molecule has 0 atom stereocenters. The molecule has 0 aliphatic rings. The average molecular weight is 289 g/mol. The molecule has 0 unspecified atom stereocenters. The van der Waals surface area contributed by atoms with Gasteiger partial charge in [-0.1, -0.05) is 0 Å². The summed E-state index contributed by atoms with van der Waals surface area (Å²) in [5.41, 5.74) is 7.76. The Morgan fingerprint density at radius 1 is 1.14 bits per heavy atom. The van der Waals surface area contributed by atoms with E-state index < -0.39 is 0 Å². The van der Waals surface area contributed by atoms with Crippen molar-refractivity contribution >= 4 is 5.82 Å². The molecule has 0 aliphatic carbocycles. The Morgan fingerprint density at radius 2 is 1.81 bits per heavy atom. The third-order valence-electron chi connectivity index (χ3n) is 3.41. The molecule has 21 heavy (non-hydrogen) atoms. The normalized spacial score (nSPS) is 11.5. The van der Waals surface area contributed by atoms with Crippen molar-refractivity contribution in [1.29, 1.82) is 0 Å². The third-order valence-corrected chi connectivity index (χ3v) is 3.41. The zero-order valence-electron chi connectivity index (χ0n) is 13.5. The predicted octanol–water partition coefficient (Wildman–Crippen LogP) is 3.21. The third kappa shape index (κ3) is 2.68. The summed E-state index contributed by atoms with van der Waals surface area (Å²) in [6, 6.07) is 5.61. The SMILES string of the molecule is COc1ccc(OC)c(-c2nc(C)n(C(C)(C)C)c2N)c1. The summed E-state index contributed by atoms with van der Waals surface area (Å²) in [6.07, 6.45) is 0. The Labute approximate surface area is 125 Å². The molecule has 0 saturated heterocycles. The van der Waals surface area contributed by atoms with Gasteiger partial charge in [0.05, 0.1) is 14.2 Å².